The Labute approximate surface area is 195 Å². The molecular weight excluding hydrogens is 452 g/mol. The van der Waals surface area contributed by atoms with Gasteiger partial charge in [0, 0.05) is 13.6 Å². The molecule has 1 aromatic carbocycles. The van der Waals surface area contributed by atoms with Crippen molar-refractivity contribution in [2.24, 2.45) is 0 Å². The molecule has 4 N–H and O–H groups in total. The number of nitrogens with one attached hydrogen (secondary N) is 2. The Hall–Kier alpha value is -2.40. The first kappa shape index (κ1) is 24.2. The van der Waals surface area contributed by atoms with Gasteiger partial charge in [0.15, 0.2) is 17.0 Å². The normalized spacial score (nSPS) is 22.3. The molecular formula is C21H27ClN6O3S. The van der Waals surface area contributed by atoms with E-state index in [2.05, 4.69) is 31.7 Å². The quantitative estimate of drug-likeness (QED) is 0.412. The van der Waals surface area contributed by atoms with Crippen molar-refractivity contribution in [1.29, 1.82) is 0 Å². The van der Waals surface area contributed by atoms with Crippen LogP contribution in [-0.4, -0.2) is 60.1 Å². The zero-order chi connectivity index (χ0) is 23.4. The number of carbonyl (C=O) groups is 1. The molecule has 11 heteroatoms. The fourth-order valence-corrected chi connectivity index (χ4v) is 5.09. The van der Waals surface area contributed by atoms with E-state index < -0.39 is 22.8 Å². The summed E-state index contributed by atoms with van der Waals surface area (Å²) in [5, 5.41) is 25.1. The smallest absolute Gasteiger partial charge is 0.235 e. The maximum absolute atomic E-state index is 12.0. The number of benzene rings is 1. The van der Waals surface area contributed by atoms with Crippen molar-refractivity contribution >= 4 is 46.3 Å². The number of aliphatic hydroxyl groups is 2. The van der Waals surface area contributed by atoms with E-state index >= 15 is 0 Å². The zero-order valence-electron chi connectivity index (χ0n) is 18.3. The minimum atomic E-state index is -1.21. The van der Waals surface area contributed by atoms with Crippen LogP contribution in [0.15, 0.2) is 30.6 Å². The Balaban J connectivity index is 0.00000141. The predicted octanol–water partition coefficient (Wildman–Crippen LogP) is 2.51. The number of aryl methyl sites for hydroxylation is 1. The number of fused-ring (bicyclic) bond motifs is 1. The average molecular weight is 479 g/mol. The lowest BCUT2D eigenvalue weighted by Gasteiger charge is -2.17. The molecule has 4 rings (SSSR count). The SMILES string of the molecule is CC.CNC(=O)C1SC(n2cnc3c(NCc4cccc(C)c4)nc(Cl)nc32)C(O)C1O. The number of thioether (sulfide) groups is 1. The van der Waals surface area contributed by atoms with Crippen LogP contribution in [0.5, 0.6) is 0 Å². The molecule has 0 saturated carbocycles. The lowest BCUT2D eigenvalue weighted by Crippen LogP contribution is -2.39. The topological polar surface area (TPSA) is 125 Å². The molecule has 1 aliphatic rings. The fraction of sp³-hybridized carbons (Fsp3) is 0.429. The molecule has 1 saturated heterocycles. The van der Waals surface area contributed by atoms with E-state index in [0.29, 0.717) is 23.5 Å². The third-order valence-corrected chi connectivity index (χ3v) is 6.69. The molecule has 172 valence electrons. The summed E-state index contributed by atoms with van der Waals surface area (Å²) in [4.78, 5) is 24.9. The number of imidazole rings is 1. The average Bonchev–Trinajstić information content (AvgIpc) is 3.34. The highest BCUT2D eigenvalue weighted by molar-refractivity contribution is 8.01. The number of aromatic nitrogens is 4. The minimum Gasteiger partial charge on any atom is -0.389 e. The number of rotatable bonds is 5. The van der Waals surface area contributed by atoms with E-state index in [1.165, 1.54) is 13.4 Å². The maximum atomic E-state index is 12.0. The van der Waals surface area contributed by atoms with Gasteiger partial charge >= 0.3 is 0 Å². The third-order valence-electron chi connectivity index (χ3n) is 4.95. The number of aliphatic hydroxyl groups excluding tert-OH is 2. The van der Waals surface area contributed by atoms with Crippen molar-refractivity contribution in [2.75, 3.05) is 12.4 Å². The summed E-state index contributed by atoms with van der Waals surface area (Å²) in [6.07, 6.45) is -0.881. The summed E-state index contributed by atoms with van der Waals surface area (Å²) in [5.41, 5.74) is 3.12. The number of halogens is 1. The Kier molecular flexibility index (Phi) is 7.94. The molecule has 3 aromatic rings. The lowest BCUT2D eigenvalue weighted by atomic mass is 10.1. The monoisotopic (exact) mass is 478 g/mol. The minimum absolute atomic E-state index is 0.0249. The molecule has 1 amide bonds. The van der Waals surface area contributed by atoms with E-state index in [-0.39, 0.29) is 11.2 Å². The molecule has 32 heavy (non-hydrogen) atoms. The molecule has 4 unspecified atom stereocenters. The zero-order valence-corrected chi connectivity index (χ0v) is 19.9. The van der Waals surface area contributed by atoms with Crippen LogP contribution in [-0.2, 0) is 11.3 Å². The van der Waals surface area contributed by atoms with Crippen molar-refractivity contribution in [3.8, 4) is 0 Å². The van der Waals surface area contributed by atoms with Gasteiger partial charge in [-0.05, 0) is 24.1 Å². The van der Waals surface area contributed by atoms with Gasteiger partial charge in [-0.2, -0.15) is 9.97 Å². The van der Waals surface area contributed by atoms with E-state index in [1.807, 2.05) is 39.0 Å². The van der Waals surface area contributed by atoms with Gasteiger partial charge in [-0.15, -0.1) is 11.8 Å². The van der Waals surface area contributed by atoms with Crippen LogP contribution < -0.4 is 10.6 Å². The second-order valence-corrected chi connectivity index (χ2v) is 8.65. The summed E-state index contributed by atoms with van der Waals surface area (Å²) in [6.45, 7) is 6.55. The van der Waals surface area contributed by atoms with Crippen LogP contribution in [0.4, 0.5) is 5.82 Å². The fourth-order valence-electron chi connectivity index (χ4n) is 3.46. The van der Waals surface area contributed by atoms with Gasteiger partial charge in [0.1, 0.15) is 22.8 Å². The molecule has 0 radical (unpaired) electrons. The standard InChI is InChI=1S/C19H21ClN6O3S.C2H6/c1-9-4-3-5-10(6-9)7-22-15-11-16(25-19(20)24-15)26(8-23-11)18-13(28)12(27)14(30-18)17(29)21-2;1-2/h3-6,8,12-14,18,27-28H,7H2,1-2H3,(H,21,29)(H,22,24,25);1-2H3. The Morgan fingerprint density at radius 1 is 1.25 bits per heavy atom. The van der Waals surface area contributed by atoms with Crippen molar-refractivity contribution in [2.45, 2.75) is 50.1 Å². The van der Waals surface area contributed by atoms with Crippen LogP contribution in [0.1, 0.15) is 30.3 Å². The molecule has 4 atom stereocenters. The van der Waals surface area contributed by atoms with Gasteiger partial charge in [0.25, 0.3) is 0 Å². The van der Waals surface area contributed by atoms with Crippen LogP contribution in [0.25, 0.3) is 11.2 Å². The first-order valence-corrected chi connectivity index (χ1v) is 11.6. The van der Waals surface area contributed by atoms with E-state index in [0.717, 1.165) is 22.9 Å². The molecule has 1 aliphatic heterocycles. The number of hydrogen-bond donors (Lipinski definition) is 4. The van der Waals surface area contributed by atoms with Gasteiger partial charge in [-0.1, -0.05) is 43.7 Å². The summed E-state index contributed by atoms with van der Waals surface area (Å²) in [7, 11) is 1.49. The predicted molar refractivity (Wildman–Crippen MR) is 127 cm³/mol. The first-order chi connectivity index (χ1) is 15.4. The highest BCUT2D eigenvalue weighted by Gasteiger charge is 2.47. The van der Waals surface area contributed by atoms with Gasteiger partial charge < -0.3 is 20.8 Å². The second-order valence-electron chi connectivity index (χ2n) is 7.05. The van der Waals surface area contributed by atoms with Crippen LogP contribution in [0.2, 0.25) is 5.28 Å². The molecule has 0 spiro atoms. The summed E-state index contributed by atoms with van der Waals surface area (Å²) >= 11 is 7.29. The number of nitrogens with zero attached hydrogens (tertiary/aromatic N) is 4. The van der Waals surface area contributed by atoms with E-state index in [1.54, 1.807) is 4.57 Å². The summed E-state index contributed by atoms with van der Waals surface area (Å²) in [5.74, 6) is 0.109. The molecule has 1 fully saturated rings. The number of carbonyl (C=O) groups excluding carboxylic acids is 1. The second kappa shape index (κ2) is 10.5. The highest BCUT2D eigenvalue weighted by Crippen LogP contribution is 2.43. The molecule has 3 heterocycles. The Bertz CT molecular complexity index is 1090. The van der Waals surface area contributed by atoms with E-state index in [9.17, 15) is 15.0 Å². The summed E-state index contributed by atoms with van der Waals surface area (Å²) < 4.78 is 1.61. The lowest BCUT2D eigenvalue weighted by molar-refractivity contribution is -0.122. The van der Waals surface area contributed by atoms with Gasteiger partial charge in [-0.3, -0.25) is 9.36 Å². The number of anilines is 1. The molecule has 0 bridgehead atoms. The molecule has 2 aromatic heterocycles. The van der Waals surface area contributed by atoms with Crippen molar-refractivity contribution in [3.05, 3.63) is 47.0 Å². The van der Waals surface area contributed by atoms with Crippen molar-refractivity contribution in [3.63, 3.8) is 0 Å². The van der Waals surface area contributed by atoms with Crippen molar-refractivity contribution in [1.82, 2.24) is 24.8 Å². The van der Waals surface area contributed by atoms with E-state index in [4.69, 9.17) is 11.6 Å². The first-order valence-electron chi connectivity index (χ1n) is 10.3. The number of amides is 1. The highest BCUT2D eigenvalue weighted by atomic mass is 35.5. The Morgan fingerprint density at radius 2 is 2.00 bits per heavy atom. The Morgan fingerprint density at radius 3 is 2.69 bits per heavy atom. The summed E-state index contributed by atoms with van der Waals surface area (Å²) in [6, 6.07) is 8.08. The maximum Gasteiger partial charge on any atom is 0.235 e. The molecule has 0 aliphatic carbocycles. The third kappa shape index (κ3) is 4.83. The van der Waals surface area contributed by atoms with Crippen LogP contribution in [0, 0.1) is 6.92 Å². The van der Waals surface area contributed by atoms with Gasteiger partial charge in [0.2, 0.25) is 11.2 Å². The van der Waals surface area contributed by atoms with Crippen molar-refractivity contribution < 1.29 is 15.0 Å². The van der Waals surface area contributed by atoms with Gasteiger partial charge in [0.05, 0.1) is 6.33 Å². The van der Waals surface area contributed by atoms with Crippen LogP contribution in [0.3, 0.4) is 0 Å². The number of hydrogen-bond acceptors (Lipinski definition) is 8. The largest absolute Gasteiger partial charge is 0.389 e. The van der Waals surface area contributed by atoms with Gasteiger partial charge in [-0.25, -0.2) is 4.98 Å². The molecule has 9 nitrogen and oxygen atoms in total. The van der Waals surface area contributed by atoms with Crippen LogP contribution >= 0.6 is 23.4 Å².